The summed E-state index contributed by atoms with van der Waals surface area (Å²) in [5.74, 6) is 0.783. The fourth-order valence-corrected chi connectivity index (χ4v) is 15.7. The van der Waals surface area contributed by atoms with Gasteiger partial charge in [0.15, 0.2) is 0 Å². The molecule has 0 unspecified atom stereocenters. The summed E-state index contributed by atoms with van der Waals surface area (Å²) in [6.07, 6.45) is 1.32. The molecule has 0 aliphatic carbocycles. The van der Waals surface area contributed by atoms with Gasteiger partial charge < -0.3 is 13.3 Å². The minimum absolute atomic E-state index is 0.152. The molecule has 5 heteroatoms. The van der Waals surface area contributed by atoms with Crippen LogP contribution < -0.4 is 20.7 Å². The third kappa shape index (κ3) is 6.00. The third-order valence-electron chi connectivity index (χ3n) is 8.46. The molecular weight excluding hydrogens is 561 g/mol. The molecule has 222 valence electrons. The average molecular weight is 605 g/mol. The summed E-state index contributed by atoms with van der Waals surface area (Å²) < 4.78 is 21.2. The lowest BCUT2D eigenvalue weighted by Gasteiger charge is -2.46. The van der Waals surface area contributed by atoms with Gasteiger partial charge in [0.25, 0.3) is 16.6 Å². The Morgan fingerprint density at radius 3 is 1.21 bits per heavy atom. The van der Waals surface area contributed by atoms with Crippen LogP contribution in [0.4, 0.5) is 0 Å². The molecule has 3 nitrogen and oxygen atoms in total. The number of benzene rings is 4. The maximum atomic E-state index is 7.64. The van der Waals surface area contributed by atoms with E-state index in [0.29, 0.717) is 6.61 Å². The summed E-state index contributed by atoms with van der Waals surface area (Å²) in [5, 5.41) is 4.62. The van der Waals surface area contributed by atoms with Crippen LogP contribution in [0.1, 0.15) is 53.4 Å². The standard InChI is InChI=1S/C38H44O3Si2/c1-37(2,3)42(31-20-11-7-12-21-31,32-22-13-8-14-23-32)40-30-36(35-28-19-29-39-35)41-43(38(4,5)6,33-24-15-9-16-25-33)34-26-17-10-18-27-34/h7-29,36H,30H2,1-6H3/t36-/m1/s1. The Hall–Kier alpha value is -3.49. The molecule has 0 amide bonds. The molecular formula is C38H44O3Si2. The molecule has 0 spiro atoms. The summed E-state index contributed by atoms with van der Waals surface area (Å²) in [7, 11) is -5.70. The van der Waals surface area contributed by atoms with Crippen molar-refractivity contribution in [2.45, 2.75) is 57.7 Å². The van der Waals surface area contributed by atoms with Crippen LogP contribution in [0.25, 0.3) is 0 Å². The Morgan fingerprint density at radius 2 is 0.884 bits per heavy atom. The van der Waals surface area contributed by atoms with E-state index in [1.165, 1.54) is 20.7 Å². The van der Waals surface area contributed by atoms with Crippen molar-refractivity contribution in [3.63, 3.8) is 0 Å². The van der Waals surface area contributed by atoms with Crippen molar-refractivity contribution >= 4 is 37.4 Å². The van der Waals surface area contributed by atoms with Crippen LogP contribution in [0.15, 0.2) is 144 Å². The first-order valence-electron chi connectivity index (χ1n) is 15.2. The highest BCUT2D eigenvalue weighted by Crippen LogP contribution is 2.42. The van der Waals surface area contributed by atoms with E-state index < -0.39 is 22.7 Å². The van der Waals surface area contributed by atoms with Crippen LogP contribution in [-0.4, -0.2) is 23.2 Å². The molecule has 5 rings (SSSR count). The van der Waals surface area contributed by atoms with Gasteiger partial charge in [-0.3, -0.25) is 0 Å². The molecule has 0 saturated carbocycles. The number of hydrogen-bond donors (Lipinski definition) is 0. The Labute approximate surface area is 259 Å². The van der Waals surface area contributed by atoms with Gasteiger partial charge in [0.05, 0.1) is 12.9 Å². The normalized spacial score (nSPS) is 13.5. The largest absolute Gasteiger partial charge is 0.467 e. The van der Waals surface area contributed by atoms with Gasteiger partial charge in [-0.2, -0.15) is 0 Å². The molecule has 43 heavy (non-hydrogen) atoms. The molecule has 0 fully saturated rings. The van der Waals surface area contributed by atoms with Crippen LogP contribution in [0, 0.1) is 0 Å². The number of furan rings is 1. The second kappa shape index (κ2) is 12.6. The van der Waals surface area contributed by atoms with Gasteiger partial charge in [-0.15, -0.1) is 0 Å². The highest BCUT2D eigenvalue weighted by atomic mass is 28.4. The average Bonchev–Trinajstić information content (AvgIpc) is 3.55. The van der Waals surface area contributed by atoms with E-state index in [-0.39, 0.29) is 10.1 Å². The molecule has 0 radical (unpaired) electrons. The predicted molar refractivity (Wildman–Crippen MR) is 184 cm³/mol. The summed E-state index contributed by atoms with van der Waals surface area (Å²) >= 11 is 0. The van der Waals surface area contributed by atoms with Gasteiger partial charge in [-0.05, 0) is 43.0 Å². The molecule has 0 bridgehead atoms. The molecule has 1 atom stereocenters. The molecule has 0 aliphatic rings. The lowest BCUT2D eigenvalue weighted by Crippen LogP contribution is -2.68. The second-order valence-corrected chi connectivity index (χ2v) is 21.8. The quantitative estimate of drug-likeness (QED) is 0.155. The zero-order chi connectivity index (χ0) is 30.6. The highest BCUT2D eigenvalue weighted by Gasteiger charge is 2.54. The molecule has 0 saturated heterocycles. The third-order valence-corrected chi connectivity index (χ3v) is 18.5. The summed E-state index contributed by atoms with van der Waals surface area (Å²) in [4.78, 5) is 0. The van der Waals surface area contributed by atoms with Crippen LogP contribution in [0.5, 0.6) is 0 Å². The van der Waals surface area contributed by atoms with Crippen LogP contribution in [-0.2, 0) is 8.85 Å². The van der Waals surface area contributed by atoms with Crippen LogP contribution in [0.3, 0.4) is 0 Å². The van der Waals surface area contributed by atoms with Crippen molar-refractivity contribution in [1.29, 1.82) is 0 Å². The summed E-state index contributed by atoms with van der Waals surface area (Å²) in [6, 6.07) is 47.1. The first-order chi connectivity index (χ1) is 20.6. The van der Waals surface area contributed by atoms with Crippen molar-refractivity contribution in [3.8, 4) is 0 Å². The Morgan fingerprint density at radius 1 is 0.512 bits per heavy atom. The molecule has 0 aliphatic heterocycles. The number of rotatable bonds is 10. The Balaban J connectivity index is 1.67. The minimum atomic E-state index is -2.89. The second-order valence-electron chi connectivity index (χ2n) is 13.3. The zero-order valence-electron chi connectivity index (χ0n) is 26.3. The van der Waals surface area contributed by atoms with Crippen molar-refractivity contribution in [2.75, 3.05) is 6.61 Å². The predicted octanol–water partition coefficient (Wildman–Crippen LogP) is 7.47. The molecule has 0 N–H and O–H groups in total. The van der Waals surface area contributed by atoms with Crippen molar-refractivity contribution in [3.05, 3.63) is 145 Å². The van der Waals surface area contributed by atoms with E-state index in [2.05, 4.69) is 163 Å². The highest BCUT2D eigenvalue weighted by molar-refractivity contribution is 7.00. The van der Waals surface area contributed by atoms with Gasteiger partial charge in [-0.1, -0.05) is 163 Å². The van der Waals surface area contributed by atoms with Gasteiger partial charge in [0.1, 0.15) is 11.9 Å². The van der Waals surface area contributed by atoms with E-state index in [9.17, 15) is 0 Å². The van der Waals surface area contributed by atoms with E-state index >= 15 is 0 Å². The van der Waals surface area contributed by atoms with Gasteiger partial charge in [0, 0.05) is 0 Å². The molecule has 1 heterocycles. The van der Waals surface area contributed by atoms with Crippen LogP contribution in [0.2, 0.25) is 10.1 Å². The maximum absolute atomic E-state index is 7.64. The maximum Gasteiger partial charge on any atom is 0.262 e. The van der Waals surface area contributed by atoms with Crippen LogP contribution >= 0.6 is 0 Å². The lowest BCUT2D eigenvalue weighted by molar-refractivity contribution is 0.0961. The van der Waals surface area contributed by atoms with Crippen molar-refractivity contribution < 1.29 is 13.3 Å². The summed E-state index contributed by atoms with van der Waals surface area (Å²) in [5.41, 5.74) is 0. The van der Waals surface area contributed by atoms with Gasteiger partial charge in [0.2, 0.25) is 0 Å². The first kappa shape index (κ1) is 31.0. The fourth-order valence-electron chi connectivity index (χ4n) is 6.52. The smallest absolute Gasteiger partial charge is 0.262 e. The van der Waals surface area contributed by atoms with Crippen molar-refractivity contribution in [1.82, 2.24) is 0 Å². The van der Waals surface area contributed by atoms with E-state index in [1.54, 1.807) is 6.26 Å². The van der Waals surface area contributed by atoms with Gasteiger partial charge in [-0.25, -0.2) is 0 Å². The SMILES string of the molecule is CC(C)(C)[Si](OC[C@@H](O[Si](c1ccccc1)(c1ccccc1)C(C)(C)C)c1ccco1)(c1ccccc1)c1ccccc1. The Kier molecular flexibility index (Phi) is 9.09. The Bertz CT molecular complexity index is 1460. The fraction of sp³-hybridized carbons (Fsp3) is 0.263. The van der Waals surface area contributed by atoms with Crippen molar-refractivity contribution in [2.24, 2.45) is 0 Å². The molecule has 4 aromatic carbocycles. The number of hydrogen-bond acceptors (Lipinski definition) is 3. The molecule has 1 aromatic heterocycles. The monoisotopic (exact) mass is 604 g/mol. The van der Waals surface area contributed by atoms with E-state index in [1.807, 2.05) is 12.1 Å². The molecule has 5 aromatic rings. The lowest BCUT2D eigenvalue weighted by atomic mass is 10.2. The van der Waals surface area contributed by atoms with Gasteiger partial charge >= 0.3 is 0 Å². The zero-order valence-corrected chi connectivity index (χ0v) is 28.3. The van der Waals surface area contributed by atoms with E-state index in [4.69, 9.17) is 13.3 Å². The van der Waals surface area contributed by atoms with E-state index in [0.717, 1.165) is 5.76 Å². The first-order valence-corrected chi connectivity index (χ1v) is 19.0. The minimum Gasteiger partial charge on any atom is -0.467 e. The topological polar surface area (TPSA) is 31.6 Å². The summed E-state index contributed by atoms with van der Waals surface area (Å²) in [6.45, 7) is 14.2.